The molecule has 0 radical (unpaired) electrons. The first-order valence-corrected chi connectivity index (χ1v) is 4.80. The van der Waals surface area contributed by atoms with Crippen molar-refractivity contribution in [2.45, 2.75) is 5.25 Å². The Kier molecular flexibility index (Phi) is 3.36. The van der Waals surface area contributed by atoms with Gasteiger partial charge in [0.1, 0.15) is 5.25 Å². The number of carboxylic acids is 1. The zero-order valence-electron chi connectivity index (χ0n) is 7.10. The maximum absolute atomic E-state index is 11.1. The molecule has 1 aliphatic rings. The van der Waals surface area contributed by atoms with Crippen molar-refractivity contribution in [3.8, 4) is 0 Å². The first-order chi connectivity index (χ1) is 6.16. The summed E-state index contributed by atoms with van der Waals surface area (Å²) in [5.74, 6) is -1.56. The standard InChI is InChI=1S/C8H10O4S/c1-12-8(11)6-5(7(9)10)3-2-4-13-6/h2-3,5-6H,4H2,1H3,(H,9,10). The van der Waals surface area contributed by atoms with Crippen molar-refractivity contribution in [2.75, 3.05) is 12.9 Å². The molecule has 0 saturated heterocycles. The number of esters is 1. The number of carbonyl (C=O) groups excluding carboxylic acids is 1. The summed E-state index contributed by atoms with van der Waals surface area (Å²) in [5.41, 5.74) is 0. The minimum Gasteiger partial charge on any atom is -0.481 e. The second-order valence-corrected chi connectivity index (χ2v) is 3.74. The van der Waals surface area contributed by atoms with Gasteiger partial charge in [-0.2, -0.15) is 0 Å². The molecule has 2 unspecified atom stereocenters. The molecule has 72 valence electrons. The highest BCUT2D eigenvalue weighted by atomic mass is 32.2. The Labute approximate surface area is 80.0 Å². The van der Waals surface area contributed by atoms with Crippen molar-refractivity contribution >= 4 is 23.7 Å². The van der Waals surface area contributed by atoms with Crippen LogP contribution in [-0.2, 0) is 14.3 Å². The molecule has 2 atom stereocenters. The molecule has 0 saturated carbocycles. The molecule has 13 heavy (non-hydrogen) atoms. The van der Waals surface area contributed by atoms with Gasteiger partial charge < -0.3 is 9.84 Å². The fourth-order valence-corrected chi connectivity index (χ4v) is 2.18. The molecule has 1 N–H and O–H groups in total. The van der Waals surface area contributed by atoms with Gasteiger partial charge in [0.25, 0.3) is 0 Å². The van der Waals surface area contributed by atoms with Gasteiger partial charge in [0.2, 0.25) is 0 Å². The maximum Gasteiger partial charge on any atom is 0.320 e. The number of hydrogen-bond acceptors (Lipinski definition) is 4. The number of rotatable bonds is 2. The first kappa shape index (κ1) is 10.1. The van der Waals surface area contributed by atoms with Gasteiger partial charge in [-0.3, -0.25) is 9.59 Å². The average Bonchev–Trinajstić information content (AvgIpc) is 2.16. The van der Waals surface area contributed by atoms with E-state index in [1.807, 2.05) is 0 Å². The third kappa shape index (κ3) is 2.24. The summed E-state index contributed by atoms with van der Waals surface area (Å²) in [6.07, 6.45) is 3.29. The molecule has 4 nitrogen and oxygen atoms in total. The smallest absolute Gasteiger partial charge is 0.320 e. The minimum atomic E-state index is -0.987. The molecule has 5 heteroatoms. The van der Waals surface area contributed by atoms with Gasteiger partial charge in [-0.1, -0.05) is 12.2 Å². The van der Waals surface area contributed by atoms with Crippen molar-refractivity contribution in [1.82, 2.24) is 0 Å². The molecule has 0 aliphatic carbocycles. The van der Waals surface area contributed by atoms with Crippen LogP contribution in [0.4, 0.5) is 0 Å². The van der Waals surface area contributed by atoms with E-state index in [2.05, 4.69) is 4.74 Å². The Bertz CT molecular complexity index is 249. The zero-order valence-corrected chi connectivity index (χ0v) is 7.91. The van der Waals surface area contributed by atoms with Gasteiger partial charge in [0.05, 0.1) is 13.0 Å². The topological polar surface area (TPSA) is 63.6 Å². The van der Waals surface area contributed by atoms with Crippen molar-refractivity contribution in [3.63, 3.8) is 0 Å². The Balaban J connectivity index is 2.77. The lowest BCUT2D eigenvalue weighted by Crippen LogP contribution is -2.34. The van der Waals surface area contributed by atoms with Crippen LogP contribution in [0, 0.1) is 5.92 Å². The molecule has 0 aromatic rings. The summed E-state index contributed by atoms with van der Waals surface area (Å²) in [7, 11) is 1.26. The Morgan fingerprint density at radius 3 is 2.85 bits per heavy atom. The van der Waals surface area contributed by atoms with Crippen LogP contribution in [0.3, 0.4) is 0 Å². The van der Waals surface area contributed by atoms with E-state index in [9.17, 15) is 9.59 Å². The van der Waals surface area contributed by atoms with E-state index in [1.165, 1.54) is 18.9 Å². The van der Waals surface area contributed by atoms with Crippen LogP contribution < -0.4 is 0 Å². The number of hydrogen-bond donors (Lipinski definition) is 1. The van der Waals surface area contributed by atoms with Crippen molar-refractivity contribution in [1.29, 1.82) is 0 Å². The van der Waals surface area contributed by atoms with Gasteiger partial charge in [-0.25, -0.2) is 0 Å². The Morgan fingerprint density at radius 1 is 1.62 bits per heavy atom. The predicted molar refractivity (Wildman–Crippen MR) is 48.5 cm³/mol. The number of thioether (sulfide) groups is 1. The summed E-state index contributed by atoms with van der Waals surface area (Å²) < 4.78 is 4.51. The summed E-state index contributed by atoms with van der Waals surface area (Å²) in [6.45, 7) is 0. The van der Waals surface area contributed by atoms with Crippen molar-refractivity contribution < 1.29 is 19.4 Å². The fourth-order valence-electron chi connectivity index (χ4n) is 1.11. The normalized spacial score (nSPS) is 26.8. The molecular formula is C8H10O4S. The lowest BCUT2D eigenvalue weighted by atomic mass is 10.0. The van der Waals surface area contributed by atoms with Crippen LogP contribution >= 0.6 is 11.8 Å². The molecule has 1 heterocycles. The van der Waals surface area contributed by atoms with Crippen LogP contribution in [0.15, 0.2) is 12.2 Å². The van der Waals surface area contributed by atoms with E-state index in [-0.39, 0.29) is 0 Å². The Hall–Kier alpha value is -0.970. The highest BCUT2D eigenvalue weighted by molar-refractivity contribution is 8.00. The van der Waals surface area contributed by atoms with E-state index >= 15 is 0 Å². The van der Waals surface area contributed by atoms with E-state index < -0.39 is 23.1 Å². The number of carbonyl (C=O) groups is 2. The van der Waals surface area contributed by atoms with E-state index in [0.29, 0.717) is 5.75 Å². The molecule has 1 aliphatic heterocycles. The number of carboxylic acid groups (broad SMARTS) is 1. The van der Waals surface area contributed by atoms with Crippen LogP contribution in [0.2, 0.25) is 0 Å². The molecule has 0 bridgehead atoms. The third-order valence-electron chi connectivity index (χ3n) is 1.76. The van der Waals surface area contributed by atoms with Gasteiger partial charge in [-0.05, 0) is 0 Å². The van der Waals surface area contributed by atoms with Gasteiger partial charge in [0, 0.05) is 5.75 Å². The highest BCUT2D eigenvalue weighted by Gasteiger charge is 2.34. The SMILES string of the molecule is COC(=O)C1SCC=CC1C(=O)O. The molecule has 0 aromatic carbocycles. The molecule has 0 amide bonds. The van der Waals surface area contributed by atoms with Gasteiger partial charge in [0.15, 0.2) is 0 Å². The predicted octanol–water partition coefficient (Wildman–Crippen LogP) is 0.532. The second-order valence-electron chi connectivity index (χ2n) is 2.57. The zero-order chi connectivity index (χ0) is 9.84. The molecule has 0 spiro atoms. The third-order valence-corrected chi connectivity index (χ3v) is 2.99. The van der Waals surface area contributed by atoms with Gasteiger partial charge >= 0.3 is 11.9 Å². The van der Waals surface area contributed by atoms with Crippen LogP contribution in [-0.4, -0.2) is 35.2 Å². The summed E-state index contributed by atoms with van der Waals surface area (Å²) in [6, 6.07) is 0. The fraction of sp³-hybridized carbons (Fsp3) is 0.500. The first-order valence-electron chi connectivity index (χ1n) is 3.75. The summed E-state index contributed by atoms with van der Waals surface area (Å²) in [5, 5.41) is 8.18. The molecule has 0 fully saturated rings. The van der Waals surface area contributed by atoms with Gasteiger partial charge in [-0.15, -0.1) is 11.8 Å². The number of methoxy groups -OCH3 is 1. The molecular weight excluding hydrogens is 192 g/mol. The summed E-state index contributed by atoms with van der Waals surface area (Å²) in [4.78, 5) is 21.9. The van der Waals surface area contributed by atoms with Crippen LogP contribution in [0.5, 0.6) is 0 Å². The van der Waals surface area contributed by atoms with E-state index in [0.717, 1.165) is 0 Å². The number of ether oxygens (including phenoxy) is 1. The van der Waals surface area contributed by atoms with Crippen molar-refractivity contribution in [3.05, 3.63) is 12.2 Å². The van der Waals surface area contributed by atoms with Crippen LogP contribution in [0.25, 0.3) is 0 Å². The maximum atomic E-state index is 11.1. The molecule has 1 rings (SSSR count). The quantitative estimate of drug-likeness (QED) is 0.522. The minimum absolute atomic E-state index is 0.471. The summed E-state index contributed by atoms with van der Waals surface area (Å²) >= 11 is 1.29. The monoisotopic (exact) mass is 202 g/mol. The van der Waals surface area contributed by atoms with Crippen molar-refractivity contribution in [2.24, 2.45) is 5.92 Å². The largest absolute Gasteiger partial charge is 0.481 e. The second kappa shape index (κ2) is 4.32. The highest BCUT2D eigenvalue weighted by Crippen LogP contribution is 2.27. The van der Waals surface area contributed by atoms with E-state index in [4.69, 9.17) is 5.11 Å². The molecule has 0 aromatic heterocycles. The van der Waals surface area contributed by atoms with E-state index in [1.54, 1.807) is 12.2 Å². The number of aliphatic carboxylic acids is 1. The van der Waals surface area contributed by atoms with Crippen LogP contribution in [0.1, 0.15) is 0 Å². The lowest BCUT2D eigenvalue weighted by molar-refractivity contribution is -0.147. The average molecular weight is 202 g/mol. The Morgan fingerprint density at radius 2 is 2.31 bits per heavy atom. The lowest BCUT2D eigenvalue weighted by Gasteiger charge is -2.21.